The molecule has 0 unspecified atom stereocenters. The summed E-state index contributed by atoms with van der Waals surface area (Å²) >= 11 is 4.03. The lowest BCUT2D eigenvalue weighted by molar-refractivity contribution is 0.287. The summed E-state index contributed by atoms with van der Waals surface area (Å²) < 4.78 is 12.4. The van der Waals surface area contributed by atoms with Gasteiger partial charge < -0.3 is 9.47 Å². The quantitative estimate of drug-likeness (QED) is 0.412. The molecule has 0 aromatic heterocycles. The van der Waals surface area contributed by atoms with Crippen LogP contribution in [0.4, 0.5) is 0 Å². The highest BCUT2D eigenvalue weighted by Gasteiger charge is 2.33. The smallest absolute Gasteiger partial charge is 0.128 e. The Morgan fingerprint density at radius 1 is 0.759 bits per heavy atom. The van der Waals surface area contributed by atoms with Gasteiger partial charge >= 0.3 is 0 Å². The number of rotatable bonds is 7. The largest absolute Gasteiger partial charge is 0.489 e. The van der Waals surface area contributed by atoms with Crippen molar-refractivity contribution in [1.82, 2.24) is 0 Å². The van der Waals surface area contributed by atoms with E-state index in [0.717, 1.165) is 17.1 Å². The van der Waals surface area contributed by atoms with E-state index in [-0.39, 0.29) is 4.08 Å². The van der Waals surface area contributed by atoms with Gasteiger partial charge in [0.05, 0.1) is 4.08 Å². The fourth-order valence-corrected chi connectivity index (χ4v) is 6.37. The van der Waals surface area contributed by atoms with Gasteiger partial charge in [0.2, 0.25) is 0 Å². The molecule has 0 spiro atoms. The zero-order chi connectivity index (χ0) is 19.9. The zero-order valence-electron chi connectivity index (χ0n) is 16.7. The Hall–Kier alpha value is -2.04. The second-order valence-electron chi connectivity index (χ2n) is 7.20. The molecule has 3 aromatic rings. The SMILES string of the molecule is CC1(c2ccc(OCc3ccccc3)cc2OCc2ccccc2)SCCCS1. The van der Waals surface area contributed by atoms with Crippen molar-refractivity contribution in [3.8, 4) is 11.5 Å². The van der Waals surface area contributed by atoms with Crippen molar-refractivity contribution >= 4 is 23.5 Å². The van der Waals surface area contributed by atoms with Crippen LogP contribution in [-0.4, -0.2) is 11.5 Å². The Bertz CT molecular complexity index is 907. The Morgan fingerprint density at radius 2 is 1.34 bits per heavy atom. The summed E-state index contributed by atoms with van der Waals surface area (Å²) in [5, 5.41) is 0. The van der Waals surface area contributed by atoms with Crippen molar-refractivity contribution in [2.45, 2.75) is 30.6 Å². The van der Waals surface area contributed by atoms with Crippen LogP contribution >= 0.6 is 23.5 Å². The maximum absolute atomic E-state index is 6.33. The molecule has 29 heavy (non-hydrogen) atoms. The van der Waals surface area contributed by atoms with Crippen molar-refractivity contribution < 1.29 is 9.47 Å². The van der Waals surface area contributed by atoms with Crippen LogP contribution in [0.1, 0.15) is 30.0 Å². The van der Waals surface area contributed by atoms with Gasteiger partial charge in [0.25, 0.3) is 0 Å². The third kappa shape index (κ3) is 5.31. The summed E-state index contributed by atoms with van der Waals surface area (Å²) in [6.07, 6.45) is 1.27. The second kappa shape index (κ2) is 9.64. The van der Waals surface area contributed by atoms with E-state index in [1.165, 1.54) is 29.1 Å². The molecule has 0 saturated carbocycles. The van der Waals surface area contributed by atoms with Crippen LogP contribution in [0, 0.1) is 0 Å². The number of ether oxygens (including phenoxy) is 2. The maximum Gasteiger partial charge on any atom is 0.128 e. The number of hydrogen-bond donors (Lipinski definition) is 0. The molecule has 1 heterocycles. The van der Waals surface area contributed by atoms with Crippen LogP contribution in [0.15, 0.2) is 78.9 Å². The van der Waals surface area contributed by atoms with Crippen molar-refractivity contribution in [3.05, 3.63) is 95.6 Å². The minimum absolute atomic E-state index is 0.0161. The molecule has 0 radical (unpaired) electrons. The summed E-state index contributed by atoms with van der Waals surface area (Å²) in [7, 11) is 0. The van der Waals surface area contributed by atoms with Crippen LogP contribution in [0.2, 0.25) is 0 Å². The Labute approximate surface area is 182 Å². The molecule has 1 aliphatic rings. The number of hydrogen-bond acceptors (Lipinski definition) is 4. The molecular weight excluding hydrogens is 396 g/mol. The van der Waals surface area contributed by atoms with E-state index in [9.17, 15) is 0 Å². The maximum atomic E-state index is 6.33. The predicted molar refractivity (Wildman–Crippen MR) is 125 cm³/mol. The Balaban J connectivity index is 1.56. The predicted octanol–water partition coefficient (Wildman–Crippen LogP) is 6.89. The first-order valence-electron chi connectivity index (χ1n) is 9.99. The Kier molecular flexibility index (Phi) is 6.73. The molecule has 4 heteroatoms. The molecule has 4 rings (SSSR count). The molecule has 1 fully saturated rings. The number of benzene rings is 3. The highest BCUT2D eigenvalue weighted by atomic mass is 32.2. The van der Waals surface area contributed by atoms with E-state index in [0.29, 0.717) is 13.2 Å². The van der Waals surface area contributed by atoms with Gasteiger partial charge in [-0.2, -0.15) is 0 Å². The van der Waals surface area contributed by atoms with Gasteiger partial charge in [-0.1, -0.05) is 60.7 Å². The molecular formula is C25H26O2S2. The molecule has 0 aliphatic carbocycles. The van der Waals surface area contributed by atoms with Crippen molar-refractivity contribution in [2.75, 3.05) is 11.5 Å². The highest BCUT2D eigenvalue weighted by Crippen LogP contribution is 2.53. The standard InChI is InChI=1S/C25H26O2S2/c1-25(28-15-8-16-29-25)23-14-13-22(26-18-20-9-4-2-5-10-20)17-24(23)27-19-21-11-6-3-7-12-21/h2-7,9-14,17H,8,15-16,18-19H2,1H3. The van der Waals surface area contributed by atoms with E-state index in [1.54, 1.807) is 0 Å². The first kappa shape index (κ1) is 20.2. The third-order valence-electron chi connectivity index (χ3n) is 4.97. The lowest BCUT2D eigenvalue weighted by Gasteiger charge is -2.34. The van der Waals surface area contributed by atoms with Gasteiger partial charge in [-0.05, 0) is 48.1 Å². The van der Waals surface area contributed by atoms with Gasteiger partial charge in [0.1, 0.15) is 24.7 Å². The van der Waals surface area contributed by atoms with Crippen molar-refractivity contribution in [1.29, 1.82) is 0 Å². The Morgan fingerprint density at radius 3 is 1.97 bits per heavy atom. The molecule has 0 atom stereocenters. The molecule has 1 aliphatic heterocycles. The minimum Gasteiger partial charge on any atom is -0.489 e. The van der Waals surface area contributed by atoms with Crippen molar-refractivity contribution in [2.24, 2.45) is 0 Å². The van der Waals surface area contributed by atoms with Crippen LogP contribution < -0.4 is 9.47 Å². The van der Waals surface area contributed by atoms with Gasteiger partial charge in [0.15, 0.2) is 0 Å². The summed E-state index contributed by atoms with van der Waals surface area (Å²) in [6.45, 7) is 3.43. The van der Waals surface area contributed by atoms with E-state index in [1.807, 2.05) is 59.9 Å². The molecule has 0 bridgehead atoms. The summed E-state index contributed by atoms with van der Waals surface area (Å²) in [5.41, 5.74) is 3.58. The summed E-state index contributed by atoms with van der Waals surface area (Å²) in [4.78, 5) is 0. The fourth-order valence-electron chi connectivity index (χ4n) is 3.35. The topological polar surface area (TPSA) is 18.5 Å². The van der Waals surface area contributed by atoms with Gasteiger partial charge in [-0.15, -0.1) is 23.5 Å². The average Bonchev–Trinajstić information content (AvgIpc) is 2.78. The van der Waals surface area contributed by atoms with Crippen LogP contribution in [0.3, 0.4) is 0 Å². The molecule has 2 nitrogen and oxygen atoms in total. The average molecular weight is 423 g/mol. The van der Waals surface area contributed by atoms with Crippen molar-refractivity contribution in [3.63, 3.8) is 0 Å². The summed E-state index contributed by atoms with van der Waals surface area (Å²) in [6, 6.07) is 26.9. The first-order chi connectivity index (χ1) is 14.2. The normalized spacial score (nSPS) is 15.6. The lowest BCUT2D eigenvalue weighted by Crippen LogP contribution is -2.19. The first-order valence-corrected chi connectivity index (χ1v) is 12.0. The number of thioether (sulfide) groups is 2. The highest BCUT2D eigenvalue weighted by molar-refractivity contribution is 8.18. The molecule has 150 valence electrons. The van der Waals surface area contributed by atoms with E-state index >= 15 is 0 Å². The summed E-state index contributed by atoms with van der Waals surface area (Å²) in [5.74, 6) is 4.14. The third-order valence-corrected chi connectivity index (χ3v) is 8.21. The van der Waals surface area contributed by atoms with Crippen LogP contribution in [0.5, 0.6) is 11.5 Å². The molecule has 1 saturated heterocycles. The molecule has 3 aromatic carbocycles. The van der Waals surface area contributed by atoms with E-state index in [2.05, 4.69) is 49.4 Å². The fraction of sp³-hybridized carbons (Fsp3) is 0.280. The lowest BCUT2D eigenvalue weighted by atomic mass is 10.1. The monoisotopic (exact) mass is 422 g/mol. The molecule has 0 N–H and O–H groups in total. The minimum atomic E-state index is 0.0161. The van der Waals surface area contributed by atoms with Gasteiger partial charge in [-0.25, -0.2) is 0 Å². The second-order valence-corrected chi connectivity index (χ2v) is 10.5. The van der Waals surface area contributed by atoms with Crippen LogP contribution in [-0.2, 0) is 17.3 Å². The van der Waals surface area contributed by atoms with E-state index < -0.39 is 0 Å². The van der Waals surface area contributed by atoms with Gasteiger partial charge in [0, 0.05) is 11.6 Å². The van der Waals surface area contributed by atoms with E-state index in [4.69, 9.17) is 9.47 Å². The zero-order valence-corrected chi connectivity index (χ0v) is 18.3. The molecule has 0 amide bonds. The van der Waals surface area contributed by atoms with Gasteiger partial charge in [-0.3, -0.25) is 0 Å². The van der Waals surface area contributed by atoms with Crippen LogP contribution in [0.25, 0.3) is 0 Å².